The number of ketones is 4. The van der Waals surface area contributed by atoms with Crippen LogP contribution in [0.2, 0.25) is 0 Å². The normalized spacial score (nSPS) is 23.3. The summed E-state index contributed by atoms with van der Waals surface area (Å²) in [4.78, 5) is 59.3. The monoisotopic (exact) mass is 525 g/mol. The summed E-state index contributed by atoms with van der Waals surface area (Å²) in [5.74, 6) is -0.991. The minimum Gasteiger partial charge on any atom is -0.292 e. The third-order valence-electron chi connectivity index (χ3n) is 8.34. The van der Waals surface area contributed by atoms with Crippen molar-refractivity contribution in [2.45, 2.75) is 44.9 Å². The van der Waals surface area contributed by atoms with Gasteiger partial charge in [0.05, 0.1) is 10.5 Å². The second kappa shape index (κ2) is 7.85. The molecule has 5 nitrogen and oxygen atoms in total. The Balaban J connectivity index is 1.25. The van der Waals surface area contributed by atoms with Gasteiger partial charge in [0.15, 0.2) is 28.8 Å². The number of aliphatic imine (C=N–C) groups is 1. The molecular formula is C30H23NO4S2. The van der Waals surface area contributed by atoms with E-state index in [9.17, 15) is 19.2 Å². The molecule has 2 unspecified atom stereocenters. The Morgan fingerprint density at radius 3 is 2.03 bits per heavy atom. The Bertz CT molecular complexity index is 1580. The number of benzene rings is 1. The molecule has 0 aliphatic heterocycles. The maximum Gasteiger partial charge on any atom is 0.197 e. The Kier molecular flexibility index (Phi) is 4.86. The van der Waals surface area contributed by atoms with E-state index in [4.69, 9.17) is 0 Å². The molecule has 2 heterocycles. The van der Waals surface area contributed by atoms with E-state index in [2.05, 4.69) is 24.9 Å². The van der Waals surface area contributed by atoms with Crippen LogP contribution in [0.25, 0.3) is 15.8 Å². The summed E-state index contributed by atoms with van der Waals surface area (Å²) >= 11 is 3.06. The first-order valence-corrected chi connectivity index (χ1v) is 14.2. The van der Waals surface area contributed by atoms with Gasteiger partial charge < -0.3 is 0 Å². The van der Waals surface area contributed by atoms with E-state index in [-0.39, 0.29) is 51.7 Å². The highest BCUT2D eigenvalue weighted by atomic mass is 32.1. The first-order chi connectivity index (χ1) is 17.8. The van der Waals surface area contributed by atoms with Gasteiger partial charge >= 0.3 is 0 Å². The number of rotatable bonds is 2. The predicted molar refractivity (Wildman–Crippen MR) is 145 cm³/mol. The number of thiophene rings is 2. The highest BCUT2D eigenvalue weighted by molar-refractivity contribution is 7.25. The zero-order valence-electron chi connectivity index (χ0n) is 20.4. The summed E-state index contributed by atoms with van der Waals surface area (Å²) < 4.78 is 0. The van der Waals surface area contributed by atoms with Crippen LogP contribution in [0.4, 0.5) is 5.00 Å². The highest BCUT2D eigenvalue weighted by Gasteiger charge is 2.48. The van der Waals surface area contributed by atoms with Crippen LogP contribution in [0.3, 0.4) is 0 Å². The Morgan fingerprint density at radius 1 is 0.838 bits per heavy atom. The number of fused-ring (bicyclic) bond motifs is 5. The second-order valence-electron chi connectivity index (χ2n) is 10.8. The molecule has 4 aliphatic rings. The van der Waals surface area contributed by atoms with Crippen LogP contribution in [0.5, 0.6) is 0 Å². The lowest BCUT2D eigenvalue weighted by Crippen LogP contribution is -2.21. The maximum atomic E-state index is 13.0. The molecule has 0 bridgehead atoms. The summed E-state index contributed by atoms with van der Waals surface area (Å²) in [7, 11) is 0. The van der Waals surface area contributed by atoms with Crippen molar-refractivity contribution < 1.29 is 19.2 Å². The summed E-state index contributed by atoms with van der Waals surface area (Å²) in [6, 6.07) is 11.0. The van der Waals surface area contributed by atoms with Gasteiger partial charge in [0.1, 0.15) is 5.00 Å². The van der Waals surface area contributed by atoms with Crippen molar-refractivity contribution in [3.8, 4) is 9.75 Å². The van der Waals surface area contributed by atoms with Crippen LogP contribution in [-0.4, -0.2) is 28.8 Å². The number of hydrogen-bond donors (Lipinski definition) is 0. The lowest BCUT2D eigenvalue weighted by atomic mass is 9.81. The lowest BCUT2D eigenvalue weighted by Gasteiger charge is -2.20. The second-order valence-corrected chi connectivity index (χ2v) is 12.9. The van der Waals surface area contributed by atoms with Crippen LogP contribution in [0.15, 0.2) is 47.0 Å². The largest absolute Gasteiger partial charge is 0.292 e. The molecular weight excluding hydrogens is 502 g/mol. The smallest absolute Gasteiger partial charge is 0.197 e. The topological polar surface area (TPSA) is 80.6 Å². The molecule has 0 spiro atoms. The van der Waals surface area contributed by atoms with Crippen molar-refractivity contribution in [1.29, 1.82) is 0 Å². The van der Waals surface area contributed by atoms with Gasteiger partial charge in [-0.05, 0) is 42.2 Å². The SMILES string of the molecule is CC1(C)c2cc(C=C3C(=O)c4ccccc4C3=O)sc2-c2sc(N=C3C(=O)C4CCCCC4C3=O)cc21. The third-order valence-corrected chi connectivity index (χ3v) is 10.6. The highest BCUT2D eigenvalue weighted by Crippen LogP contribution is 2.57. The van der Waals surface area contributed by atoms with Gasteiger partial charge in [-0.1, -0.05) is 51.0 Å². The van der Waals surface area contributed by atoms with E-state index in [0.29, 0.717) is 16.1 Å². The minimum atomic E-state index is -0.294. The number of Topliss-reactive ketones (excluding diaryl/α,β-unsaturated/α-hetero) is 4. The molecule has 0 N–H and O–H groups in total. The standard InChI is InChI=1S/C30H23NO4S2/c1-30(2)20-12-14(11-19-24(32)15-7-3-4-8-16(15)25(19)33)36-28(20)29-21(30)13-22(37-29)31-23-26(34)17-9-5-6-10-18(17)27(23)35/h3-4,7-8,11-13,17-18H,5-6,9-10H2,1-2H3. The summed E-state index contributed by atoms with van der Waals surface area (Å²) in [6.45, 7) is 4.29. The van der Waals surface area contributed by atoms with E-state index in [0.717, 1.165) is 51.4 Å². The van der Waals surface area contributed by atoms with Crippen LogP contribution >= 0.6 is 22.7 Å². The van der Waals surface area contributed by atoms with E-state index >= 15 is 0 Å². The average Bonchev–Trinajstić information content (AvgIpc) is 3.66. The number of carbonyl (C=O) groups excluding carboxylic acids is 4. The van der Waals surface area contributed by atoms with Gasteiger partial charge in [0.2, 0.25) is 0 Å². The fourth-order valence-corrected chi connectivity index (χ4v) is 8.94. The fraction of sp³-hybridized carbons (Fsp3) is 0.300. The van der Waals surface area contributed by atoms with Crippen molar-refractivity contribution in [2.24, 2.45) is 16.8 Å². The van der Waals surface area contributed by atoms with Crippen molar-refractivity contribution >= 4 is 62.6 Å². The molecule has 0 saturated heterocycles. The van der Waals surface area contributed by atoms with Gasteiger partial charge in [-0.2, -0.15) is 0 Å². The van der Waals surface area contributed by atoms with Crippen molar-refractivity contribution in [2.75, 3.05) is 0 Å². The van der Waals surface area contributed by atoms with Gasteiger partial charge in [0.25, 0.3) is 0 Å². The van der Waals surface area contributed by atoms with Crippen LogP contribution in [0.1, 0.15) is 76.3 Å². The molecule has 4 aliphatic carbocycles. The predicted octanol–water partition coefficient (Wildman–Crippen LogP) is 6.61. The van der Waals surface area contributed by atoms with Crippen LogP contribution in [-0.2, 0) is 15.0 Å². The van der Waals surface area contributed by atoms with E-state index in [1.165, 1.54) is 11.3 Å². The van der Waals surface area contributed by atoms with Gasteiger partial charge in [-0.3, -0.25) is 19.2 Å². The zero-order chi connectivity index (χ0) is 25.6. The summed E-state index contributed by atoms with van der Waals surface area (Å²) in [5.41, 5.74) is 3.25. The molecule has 0 amide bonds. The molecule has 184 valence electrons. The molecule has 2 fully saturated rings. The summed E-state index contributed by atoms with van der Waals surface area (Å²) in [6.07, 6.45) is 5.29. The van der Waals surface area contributed by atoms with Gasteiger partial charge in [-0.15, -0.1) is 22.7 Å². The van der Waals surface area contributed by atoms with E-state index < -0.39 is 0 Å². The number of allylic oxidation sites excluding steroid dienone is 1. The molecule has 7 heteroatoms. The summed E-state index contributed by atoms with van der Waals surface area (Å²) in [5, 5.41) is 0.684. The first kappa shape index (κ1) is 22.9. The van der Waals surface area contributed by atoms with E-state index in [1.807, 2.05) is 6.07 Å². The van der Waals surface area contributed by atoms with E-state index in [1.54, 1.807) is 41.7 Å². The van der Waals surface area contributed by atoms with Crippen LogP contribution < -0.4 is 0 Å². The molecule has 1 aromatic carbocycles. The molecule has 2 aromatic heterocycles. The first-order valence-electron chi connectivity index (χ1n) is 12.6. The average molecular weight is 526 g/mol. The minimum absolute atomic E-state index is 0.0832. The number of hydrogen-bond acceptors (Lipinski definition) is 7. The fourth-order valence-electron chi connectivity index (χ4n) is 6.32. The quantitative estimate of drug-likeness (QED) is 0.279. The molecule has 2 atom stereocenters. The third kappa shape index (κ3) is 3.17. The molecule has 0 radical (unpaired) electrons. The Morgan fingerprint density at radius 2 is 1.41 bits per heavy atom. The Labute approximate surface area is 221 Å². The van der Waals surface area contributed by atoms with Crippen molar-refractivity contribution in [3.05, 3.63) is 69.1 Å². The number of nitrogens with zero attached hydrogens (tertiary/aromatic N) is 1. The molecule has 37 heavy (non-hydrogen) atoms. The maximum absolute atomic E-state index is 13.0. The lowest BCUT2D eigenvalue weighted by molar-refractivity contribution is -0.120. The Hall–Kier alpha value is -3.29. The van der Waals surface area contributed by atoms with Crippen molar-refractivity contribution in [1.82, 2.24) is 0 Å². The molecule has 2 saturated carbocycles. The van der Waals surface area contributed by atoms with Gasteiger partial charge in [0, 0.05) is 38.1 Å². The van der Waals surface area contributed by atoms with Gasteiger partial charge in [-0.25, -0.2) is 4.99 Å². The van der Waals surface area contributed by atoms with Crippen LogP contribution in [0, 0.1) is 11.8 Å². The zero-order valence-corrected chi connectivity index (χ0v) is 22.1. The number of carbonyl (C=O) groups is 4. The molecule has 7 rings (SSSR count). The molecule has 3 aromatic rings. The van der Waals surface area contributed by atoms with Crippen molar-refractivity contribution in [3.63, 3.8) is 0 Å².